The number of nitrogens with zero attached hydrogens (tertiary/aromatic N) is 4. The molecule has 7 heteroatoms. The number of aromatic nitrogens is 4. The van der Waals surface area contributed by atoms with Gasteiger partial charge in [0.1, 0.15) is 34.9 Å². The predicted molar refractivity (Wildman–Crippen MR) is 87.2 cm³/mol. The minimum atomic E-state index is -0.315. The number of benzene rings is 1. The average molecular weight is 321 g/mol. The van der Waals surface area contributed by atoms with Crippen LogP contribution in [0.25, 0.3) is 22.4 Å². The first kappa shape index (κ1) is 14.3. The van der Waals surface area contributed by atoms with Crippen molar-refractivity contribution in [3.63, 3.8) is 0 Å². The van der Waals surface area contributed by atoms with Gasteiger partial charge < -0.3 is 9.84 Å². The van der Waals surface area contributed by atoms with Crippen LogP contribution in [0.2, 0.25) is 0 Å². The topological polar surface area (TPSA) is 76.7 Å². The summed E-state index contributed by atoms with van der Waals surface area (Å²) < 4.78 is 18.5. The molecule has 0 aliphatic carbocycles. The highest BCUT2D eigenvalue weighted by molar-refractivity contribution is 5.98. The molecule has 0 atom stereocenters. The molecule has 0 spiro atoms. The van der Waals surface area contributed by atoms with Crippen LogP contribution in [-0.4, -0.2) is 20.1 Å². The van der Waals surface area contributed by atoms with Crippen LogP contribution in [-0.2, 0) is 0 Å². The van der Waals surface area contributed by atoms with Gasteiger partial charge in [0, 0.05) is 11.8 Å². The zero-order valence-corrected chi connectivity index (χ0v) is 12.7. The van der Waals surface area contributed by atoms with Crippen LogP contribution >= 0.6 is 0 Å². The average Bonchev–Trinajstić information content (AvgIpc) is 3.03. The fourth-order valence-corrected chi connectivity index (χ4v) is 2.41. The molecule has 4 rings (SSSR count). The summed E-state index contributed by atoms with van der Waals surface area (Å²) in [5, 5.41) is 7.87. The third-order valence-electron chi connectivity index (χ3n) is 3.64. The number of anilines is 2. The van der Waals surface area contributed by atoms with Gasteiger partial charge in [0.25, 0.3) is 5.71 Å². The van der Waals surface area contributed by atoms with E-state index in [0.717, 1.165) is 5.56 Å². The summed E-state index contributed by atoms with van der Waals surface area (Å²) in [5.41, 5.74) is 2.58. The molecular weight excluding hydrogens is 309 g/mol. The lowest BCUT2D eigenvalue weighted by atomic mass is 10.1. The van der Waals surface area contributed by atoms with Gasteiger partial charge in [0.15, 0.2) is 0 Å². The maximum Gasteiger partial charge on any atom is 0.263 e. The molecular formula is C17H12FN5O. The third-order valence-corrected chi connectivity index (χ3v) is 3.64. The van der Waals surface area contributed by atoms with Crippen molar-refractivity contribution in [3.05, 3.63) is 60.3 Å². The summed E-state index contributed by atoms with van der Waals surface area (Å²) in [6, 6.07) is 9.82. The number of aryl methyl sites for hydroxylation is 1. The van der Waals surface area contributed by atoms with E-state index >= 15 is 0 Å². The maximum atomic E-state index is 13.2. The summed E-state index contributed by atoms with van der Waals surface area (Å²) in [5.74, 6) is 0.899. The second kappa shape index (κ2) is 5.69. The monoisotopic (exact) mass is 321 g/mol. The van der Waals surface area contributed by atoms with Gasteiger partial charge >= 0.3 is 0 Å². The Bertz CT molecular complexity index is 1010. The van der Waals surface area contributed by atoms with Crippen LogP contribution in [0, 0.1) is 12.7 Å². The first-order valence-electron chi connectivity index (χ1n) is 7.27. The Morgan fingerprint density at radius 2 is 1.83 bits per heavy atom. The van der Waals surface area contributed by atoms with Gasteiger partial charge in [-0.15, -0.1) is 0 Å². The Morgan fingerprint density at radius 3 is 2.62 bits per heavy atom. The van der Waals surface area contributed by atoms with Crippen LogP contribution < -0.4 is 5.32 Å². The summed E-state index contributed by atoms with van der Waals surface area (Å²) in [4.78, 5) is 12.7. The van der Waals surface area contributed by atoms with E-state index < -0.39 is 0 Å². The molecule has 0 amide bonds. The Hall–Kier alpha value is -3.35. The molecule has 0 bridgehead atoms. The molecule has 3 heterocycles. The quantitative estimate of drug-likeness (QED) is 0.617. The summed E-state index contributed by atoms with van der Waals surface area (Å²) >= 11 is 0. The lowest BCUT2D eigenvalue weighted by Gasteiger charge is -2.08. The number of hydrogen-bond donors (Lipinski definition) is 1. The van der Waals surface area contributed by atoms with Gasteiger partial charge in [-0.2, -0.15) is 4.98 Å². The zero-order valence-electron chi connectivity index (χ0n) is 12.7. The number of fused-ring (bicyclic) bond motifs is 1. The SMILES string of the molecule is Cc1cccnc1Nc1ncnc2onc(-c3ccc(F)cc3)c12. The van der Waals surface area contributed by atoms with E-state index in [9.17, 15) is 4.39 Å². The Kier molecular flexibility index (Phi) is 3.38. The van der Waals surface area contributed by atoms with E-state index in [2.05, 4.69) is 25.4 Å². The standard InChI is InChI=1S/C17H12FN5O/c1-10-3-2-8-19-15(10)22-16-13-14(11-4-6-12(18)7-5-11)23-24-17(13)21-9-20-16/h2-9H,1H3,(H,19,20,21,22). The van der Waals surface area contributed by atoms with Crippen molar-refractivity contribution in [3.8, 4) is 11.3 Å². The molecule has 0 unspecified atom stereocenters. The normalized spacial score (nSPS) is 10.9. The van der Waals surface area contributed by atoms with Crippen LogP contribution in [0.15, 0.2) is 53.4 Å². The molecule has 118 valence electrons. The van der Waals surface area contributed by atoms with Crippen LogP contribution in [0.3, 0.4) is 0 Å². The zero-order chi connectivity index (χ0) is 16.5. The molecule has 1 N–H and O–H groups in total. The number of pyridine rings is 1. The van der Waals surface area contributed by atoms with Gasteiger partial charge in [0.2, 0.25) is 0 Å². The molecule has 0 radical (unpaired) electrons. The molecule has 0 saturated carbocycles. The molecule has 0 aliphatic rings. The minimum Gasteiger partial charge on any atom is -0.335 e. The van der Waals surface area contributed by atoms with Gasteiger partial charge in [-0.25, -0.2) is 14.4 Å². The Morgan fingerprint density at radius 1 is 1.00 bits per heavy atom. The third kappa shape index (κ3) is 2.45. The van der Waals surface area contributed by atoms with Crippen LogP contribution in [0.1, 0.15) is 5.56 Å². The molecule has 1 aromatic carbocycles. The lowest BCUT2D eigenvalue weighted by molar-refractivity contribution is 0.451. The van der Waals surface area contributed by atoms with Gasteiger partial charge in [-0.1, -0.05) is 11.2 Å². The Labute approximate surface area is 136 Å². The number of hydrogen-bond acceptors (Lipinski definition) is 6. The van der Waals surface area contributed by atoms with Gasteiger partial charge in [0.05, 0.1) is 0 Å². The maximum absolute atomic E-state index is 13.2. The fraction of sp³-hybridized carbons (Fsp3) is 0.0588. The van der Waals surface area contributed by atoms with E-state index in [1.165, 1.54) is 18.5 Å². The van der Waals surface area contributed by atoms with Crippen LogP contribution in [0.5, 0.6) is 0 Å². The first-order chi connectivity index (χ1) is 11.7. The van der Waals surface area contributed by atoms with Crippen molar-refractivity contribution in [2.75, 3.05) is 5.32 Å². The number of nitrogens with one attached hydrogen (secondary N) is 1. The molecule has 6 nitrogen and oxygen atoms in total. The summed E-state index contributed by atoms with van der Waals surface area (Å²) in [6.07, 6.45) is 3.09. The molecule has 0 saturated heterocycles. The highest BCUT2D eigenvalue weighted by Gasteiger charge is 2.17. The highest BCUT2D eigenvalue weighted by Crippen LogP contribution is 2.32. The van der Waals surface area contributed by atoms with E-state index in [0.29, 0.717) is 34.0 Å². The van der Waals surface area contributed by atoms with Crippen molar-refractivity contribution in [1.82, 2.24) is 20.1 Å². The molecule has 0 fully saturated rings. The van der Waals surface area contributed by atoms with E-state index in [4.69, 9.17) is 4.52 Å². The van der Waals surface area contributed by atoms with E-state index in [-0.39, 0.29) is 5.82 Å². The minimum absolute atomic E-state index is 0.315. The summed E-state index contributed by atoms with van der Waals surface area (Å²) in [7, 11) is 0. The smallest absolute Gasteiger partial charge is 0.263 e. The second-order valence-corrected chi connectivity index (χ2v) is 5.23. The lowest BCUT2D eigenvalue weighted by Crippen LogP contribution is -1.99. The van der Waals surface area contributed by atoms with Gasteiger partial charge in [-0.05, 0) is 42.8 Å². The first-order valence-corrected chi connectivity index (χ1v) is 7.27. The van der Waals surface area contributed by atoms with Crippen molar-refractivity contribution < 1.29 is 8.91 Å². The molecule has 0 aliphatic heterocycles. The van der Waals surface area contributed by atoms with Crippen molar-refractivity contribution in [2.24, 2.45) is 0 Å². The van der Waals surface area contributed by atoms with Crippen LogP contribution in [0.4, 0.5) is 16.0 Å². The van der Waals surface area contributed by atoms with Gasteiger partial charge in [-0.3, -0.25) is 0 Å². The van der Waals surface area contributed by atoms with E-state index in [1.807, 2.05) is 19.1 Å². The van der Waals surface area contributed by atoms with Crippen molar-refractivity contribution in [2.45, 2.75) is 6.92 Å². The Balaban J connectivity index is 1.86. The largest absolute Gasteiger partial charge is 0.335 e. The number of rotatable bonds is 3. The molecule has 4 aromatic rings. The van der Waals surface area contributed by atoms with Crippen molar-refractivity contribution in [1.29, 1.82) is 0 Å². The molecule has 24 heavy (non-hydrogen) atoms. The fourth-order valence-electron chi connectivity index (χ4n) is 2.41. The molecule has 3 aromatic heterocycles. The van der Waals surface area contributed by atoms with E-state index in [1.54, 1.807) is 18.3 Å². The van der Waals surface area contributed by atoms with Crippen molar-refractivity contribution >= 4 is 22.7 Å². The predicted octanol–water partition coefficient (Wildman–Crippen LogP) is 3.87. The number of halogens is 1. The second-order valence-electron chi connectivity index (χ2n) is 5.23. The highest BCUT2D eigenvalue weighted by atomic mass is 19.1. The summed E-state index contributed by atoms with van der Waals surface area (Å²) in [6.45, 7) is 1.95.